The Morgan fingerprint density at radius 3 is 2.68 bits per heavy atom. The van der Waals surface area contributed by atoms with Crippen molar-refractivity contribution in [3.8, 4) is 0 Å². The number of rotatable bonds is 8. The van der Waals surface area contributed by atoms with Crippen LogP contribution in [0.4, 0.5) is 0 Å². The molecule has 1 aromatic heterocycles. The van der Waals surface area contributed by atoms with Gasteiger partial charge in [-0.05, 0) is 38.6 Å². The quantitative estimate of drug-likeness (QED) is 0.558. The first kappa shape index (κ1) is 15.6. The second-order valence-electron chi connectivity index (χ2n) is 5.78. The number of nitrogens with zero attached hydrogens (tertiary/aromatic N) is 2. The highest BCUT2D eigenvalue weighted by Gasteiger charge is 2.20. The Kier molecular flexibility index (Phi) is 5.96. The van der Waals surface area contributed by atoms with Gasteiger partial charge < -0.3 is 10.6 Å². The van der Waals surface area contributed by atoms with Gasteiger partial charge >= 0.3 is 0 Å². The van der Waals surface area contributed by atoms with Gasteiger partial charge in [-0.25, -0.2) is 0 Å². The van der Waals surface area contributed by atoms with Gasteiger partial charge in [0.2, 0.25) is 0 Å². The number of hydrogen-bond acceptors (Lipinski definition) is 3. The molecule has 0 unspecified atom stereocenters. The van der Waals surface area contributed by atoms with Crippen molar-refractivity contribution in [3.05, 3.63) is 30.1 Å². The topological polar surface area (TPSA) is 66.0 Å². The van der Waals surface area contributed by atoms with Crippen molar-refractivity contribution in [2.24, 2.45) is 11.1 Å². The Balaban J connectivity index is 2.22. The molecule has 0 atom stereocenters. The molecule has 0 aromatic carbocycles. The third-order valence-corrected chi connectivity index (χ3v) is 3.55. The summed E-state index contributed by atoms with van der Waals surface area (Å²) < 4.78 is 0. The molecule has 4 nitrogen and oxygen atoms in total. The van der Waals surface area contributed by atoms with Gasteiger partial charge in [-0.1, -0.05) is 19.9 Å². The average Bonchev–Trinajstić information content (AvgIpc) is 2.37. The maximum absolute atomic E-state index is 7.53. The van der Waals surface area contributed by atoms with Crippen LogP contribution in [0.1, 0.15) is 32.4 Å². The Hall–Kier alpha value is -1.42. The molecular formula is C15H26N4. The molecule has 1 aromatic rings. The zero-order valence-electron chi connectivity index (χ0n) is 12.3. The monoisotopic (exact) mass is 262 g/mol. The van der Waals surface area contributed by atoms with Gasteiger partial charge in [0.1, 0.15) is 0 Å². The van der Waals surface area contributed by atoms with E-state index >= 15 is 0 Å². The lowest BCUT2D eigenvalue weighted by Crippen LogP contribution is -2.32. The highest BCUT2D eigenvalue weighted by molar-refractivity contribution is 5.82. The minimum Gasteiger partial charge on any atom is -0.387 e. The lowest BCUT2D eigenvalue weighted by Gasteiger charge is -2.24. The van der Waals surface area contributed by atoms with E-state index in [1.807, 2.05) is 32.2 Å². The van der Waals surface area contributed by atoms with Crippen LogP contribution in [0.15, 0.2) is 24.4 Å². The number of aromatic nitrogens is 1. The zero-order valence-corrected chi connectivity index (χ0v) is 12.3. The third kappa shape index (κ3) is 5.83. The van der Waals surface area contributed by atoms with Crippen LogP contribution in [0.2, 0.25) is 0 Å². The zero-order chi connectivity index (χ0) is 14.3. The SMILES string of the molecule is CN(CCCC(C)(C)C(=N)N)CCc1ccccn1. The summed E-state index contributed by atoms with van der Waals surface area (Å²) >= 11 is 0. The maximum atomic E-state index is 7.53. The first-order chi connectivity index (χ1) is 8.92. The minimum atomic E-state index is -0.179. The Labute approximate surface area is 116 Å². The lowest BCUT2D eigenvalue weighted by molar-refractivity contribution is 0.309. The third-order valence-electron chi connectivity index (χ3n) is 3.55. The Morgan fingerprint density at radius 1 is 1.37 bits per heavy atom. The summed E-state index contributed by atoms with van der Waals surface area (Å²) in [5.74, 6) is 0.281. The van der Waals surface area contributed by atoms with Gasteiger partial charge in [0.25, 0.3) is 0 Å². The molecule has 19 heavy (non-hydrogen) atoms. The number of likely N-dealkylation sites (N-methyl/N-ethyl adjacent to an activating group) is 1. The molecule has 0 bridgehead atoms. The molecule has 1 heterocycles. The predicted octanol–water partition coefficient (Wildman–Crippen LogP) is 2.30. The molecule has 4 heteroatoms. The van der Waals surface area contributed by atoms with E-state index in [2.05, 4.69) is 23.0 Å². The van der Waals surface area contributed by atoms with Crippen LogP contribution >= 0.6 is 0 Å². The van der Waals surface area contributed by atoms with Gasteiger partial charge in [0.15, 0.2) is 0 Å². The Bertz CT molecular complexity index is 386. The standard InChI is InChI=1S/C15H26N4/c1-15(2,14(16)17)9-6-11-19(3)12-8-13-7-4-5-10-18-13/h4-5,7,10H,6,8-9,11-12H2,1-3H3,(H3,16,17). The van der Waals surface area contributed by atoms with E-state index < -0.39 is 0 Å². The van der Waals surface area contributed by atoms with Gasteiger partial charge in [0.05, 0.1) is 5.84 Å². The molecule has 0 saturated carbocycles. The molecule has 0 saturated heterocycles. The van der Waals surface area contributed by atoms with E-state index in [4.69, 9.17) is 11.1 Å². The van der Waals surface area contributed by atoms with Crippen molar-refractivity contribution >= 4 is 5.84 Å². The summed E-state index contributed by atoms with van der Waals surface area (Å²) in [5, 5.41) is 7.53. The summed E-state index contributed by atoms with van der Waals surface area (Å²) in [6.07, 6.45) is 4.83. The molecule has 106 valence electrons. The van der Waals surface area contributed by atoms with Crippen molar-refractivity contribution < 1.29 is 0 Å². The fourth-order valence-electron chi connectivity index (χ4n) is 1.89. The van der Waals surface area contributed by atoms with Crippen LogP contribution in [0.3, 0.4) is 0 Å². The summed E-state index contributed by atoms with van der Waals surface area (Å²) in [7, 11) is 2.13. The van der Waals surface area contributed by atoms with Gasteiger partial charge in [0, 0.05) is 30.3 Å². The molecular weight excluding hydrogens is 236 g/mol. The average molecular weight is 262 g/mol. The predicted molar refractivity (Wildman–Crippen MR) is 80.4 cm³/mol. The number of amidine groups is 1. The van der Waals surface area contributed by atoms with E-state index in [1.165, 1.54) is 0 Å². The summed E-state index contributed by atoms with van der Waals surface area (Å²) in [5.41, 5.74) is 6.54. The second-order valence-corrected chi connectivity index (χ2v) is 5.78. The van der Waals surface area contributed by atoms with Crippen molar-refractivity contribution in [1.29, 1.82) is 5.41 Å². The fraction of sp³-hybridized carbons (Fsp3) is 0.600. The van der Waals surface area contributed by atoms with Crippen LogP contribution in [0.25, 0.3) is 0 Å². The second kappa shape index (κ2) is 7.24. The van der Waals surface area contributed by atoms with Crippen LogP contribution < -0.4 is 5.73 Å². The van der Waals surface area contributed by atoms with Crippen LogP contribution in [0.5, 0.6) is 0 Å². The van der Waals surface area contributed by atoms with E-state index in [0.717, 1.165) is 38.0 Å². The lowest BCUT2D eigenvalue weighted by atomic mass is 9.86. The van der Waals surface area contributed by atoms with Crippen molar-refractivity contribution in [1.82, 2.24) is 9.88 Å². The van der Waals surface area contributed by atoms with Crippen molar-refractivity contribution in [2.75, 3.05) is 20.1 Å². The van der Waals surface area contributed by atoms with Gasteiger partial charge in [-0.15, -0.1) is 0 Å². The smallest absolute Gasteiger partial charge is 0.0963 e. The molecule has 0 aliphatic heterocycles. The summed E-state index contributed by atoms with van der Waals surface area (Å²) in [4.78, 5) is 6.63. The maximum Gasteiger partial charge on any atom is 0.0963 e. The van der Waals surface area contributed by atoms with Gasteiger partial charge in [-0.2, -0.15) is 0 Å². The van der Waals surface area contributed by atoms with E-state index in [-0.39, 0.29) is 11.3 Å². The molecule has 3 N–H and O–H groups in total. The molecule has 1 rings (SSSR count). The molecule has 0 fully saturated rings. The fourth-order valence-corrected chi connectivity index (χ4v) is 1.89. The van der Waals surface area contributed by atoms with Crippen molar-refractivity contribution in [3.63, 3.8) is 0 Å². The van der Waals surface area contributed by atoms with Crippen LogP contribution in [-0.2, 0) is 6.42 Å². The minimum absolute atomic E-state index is 0.179. The first-order valence-corrected chi connectivity index (χ1v) is 6.85. The van der Waals surface area contributed by atoms with E-state index in [9.17, 15) is 0 Å². The molecule has 0 aliphatic carbocycles. The summed E-state index contributed by atoms with van der Waals surface area (Å²) in [6, 6.07) is 6.03. The molecule has 0 aliphatic rings. The highest BCUT2D eigenvalue weighted by atomic mass is 15.1. The summed E-state index contributed by atoms with van der Waals surface area (Å²) in [6.45, 7) is 6.10. The normalized spacial score (nSPS) is 11.8. The first-order valence-electron chi connectivity index (χ1n) is 6.85. The molecule has 0 amide bonds. The van der Waals surface area contributed by atoms with E-state index in [0.29, 0.717) is 0 Å². The van der Waals surface area contributed by atoms with Gasteiger partial charge in [-0.3, -0.25) is 10.4 Å². The largest absolute Gasteiger partial charge is 0.387 e. The Morgan fingerprint density at radius 2 is 2.11 bits per heavy atom. The number of nitrogens with one attached hydrogen (secondary N) is 1. The molecule has 0 radical (unpaired) electrons. The number of pyridine rings is 1. The number of nitrogens with two attached hydrogens (primary N) is 1. The van der Waals surface area contributed by atoms with Crippen LogP contribution in [-0.4, -0.2) is 35.9 Å². The van der Waals surface area contributed by atoms with Crippen molar-refractivity contribution in [2.45, 2.75) is 33.1 Å². The highest BCUT2D eigenvalue weighted by Crippen LogP contribution is 2.21. The molecule has 0 spiro atoms. The van der Waals surface area contributed by atoms with E-state index in [1.54, 1.807) is 0 Å². The van der Waals surface area contributed by atoms with Crippen LogP contribution in [0, 0.1) is 10.8 Å². The number of hydrogen-bond donors (Lipinski definition) is 2.